The van der Waals surface area contributed by atoms with Crippen LogP contribution in [0.1, 0.15) is 29.2 Å². The van der Waals surface area contributed by atoms with Gasteiger partial charge in [-0.2, -0.15) is 0 Å². The highest BCUT2D eigenvalue weighted by Crippen LogP contribution is 2.33. The molecule has 1 nitrogen and oxygen atoms in total. The van der Waals surface area contributed by atoms with E-state index in [4.69, 9.17) is 5.73 Å². The maximum Gasteiger partial charge on any atom is 0.126 e. The molecule has 2 aromatic carbocycles. The van der Waals surface area contributed by atoms with Crippen LogP contribution in [0, 0.1) is 12.7 Å². The van der Waals surface area contributed by atoms with Gasteiger partial charge in [-0.3, -0.25) is 0 Å². The van der Waals surface area contributed by atoms with Gasteiger partial charge in [0.25, 0.3) is 0 Å². The normalized spacial score (nSPS) is 17.8. The number of nitrogens with two attached hydrogens (primary N) is 1. The van der Waals surface area contributed by atoms with Crippen molar-refractivity contribution in [2.24, 2.45) is 5.73 Å². The fraction of sp³-hybridized carbons (Fsp3) is 0.250. The number of benzene rings is 2. The van der Waals surface area contributed by atoms with E-state index in [1.165, 1.54) is 17.2 Å². The first-order valence-corrected chi connectivity index (χ1v) is 6.30. The molecule has 1 aliphatic carbocycles. The highest BCUT2D eigenvalue weighted by atomic mass is 19.1. The van der Waals surface area contributed by atoms with Crippen molar-refractivity contribution in [3.05, 3.63) is 58.9 Å². The van der Waals surface area contributed by atoms with Crippen LogP contribution in [-0.4, -0.2) is 0 Å². The molecule has 2 aromatic rings. The third-order valence-corrected chi connectivity index (χ3v) is 3.76. The maximum absolute atomic E-state index is 13.3. The van der Waals surface area contributed by atoms with Crippen LogP contribution >= 0.6 is 0 Å². The van der Waals surface area contributed by atoms with Gasteiger partial charge in [0.05, 0.1) is 0 Å². The Kier molecular flexibility index (Phi) is 2.67. The number of aryl methyl sites for hydroxylation is 2. The molecule has 0 bridgehead atoms. The van der Waals surface area contributed by atoms with Crippen molar-refractivity contribution in [1.82, 2.24) is 0 Å². The third kappa shape index (κ3) is 1.83. The molecule has 1 unspecified atom stereocenters. The summed E-state index contributed by atoms with van der Waals surface area (Å²) < 4.78 is 13.3. The Morgan fingerprint density at radius 2 is 1.83 bits per heavy atom. The Balaban J connectivity index is 2.05. The summed E-state index contributed by atoms with van der Waals surface area (Å²) >= 11 is 0. The van der Waals surface area contributed by atoms with E-state index in [1.54, 1.807) is 6.92 Å². The van der Waals surface area contributed by atoms with Crippen LogP contribution < -0.4 is 5.73 Å². The minimum Gasteiger partial charge on any atom is -0.324 e. The summed E-state index contributed by atoms with van der Waals surface area (Å²) in [5, 5.41) is 0. The molecule has 0 heterocycles. The summed E-state index contributed by atoms with van der Waals surface area (Å²) in [6, 6.07) is 11.8. The summed E-state index contributed by atoms with van der Waals surface area (Å²) in [7, 11) is 0. The van der Waals surface area contributed by atoms with E-state index in [2.05, 4.69) is 18.2 Å². The second-order valence-corrected chi connectivity index (χ2v) is 5.02. The quantitative estimate of drug-likeness (QED) is 0.808. The summed E-state index contributed by atoms with van der Waals surface area (Å²) in [5.74, 6) is -0.151. The summed E-state index contributed by atoms with van der Waals surface area (Å²) in [6.45, 7) is 1.79. The monoisotopic (exact) mass is 241 g/mol. The molecular formula is C16H16FN. The van der Waals surface area contributed by atoms with Crippen LogP contribution in [0.25, 0.3) is 11.1 Å². The topological polar surface area (TPSA) is 26.0 Å². The molecule has 0 saturated carbocycles. The molecule has 18 heavy (non-hydrogen) atoms. The van der Waals surface area contributed by atoms with E-state index in [0.29, 0.717) is 5.56 Å². The van der Waals surface area contributed by atoms with Gasteiger partial charge < -0.3 is 5.73 Å². The van der Waals surface area contributed by atoms with E-state index < -0.39 is 0 Å². The van der Waals surface area contributed by atoms with E-state index in [1.807, 2.05) is 12.1 Å². The number of halogens is 1. The molecule has 0 fully saturated rings. The van der Waals surface area contributed by atoms with E-state index in [-0.39, 0.29) is 11.9 Å². The number of fused-ring (bicyclic) bond motifs is 1. The molecule has 0 spiro atoms. The van der Waals surface area contributed by atoms with E-state index in [0.717, 1.165) is 24.0 Å². The lowest BCUT2D eigenvalue weighted by atomic mass is 9.98. The molecule has 0 aliphatic heterocycles. The standard InChI is InChI=1S/C16H16FN/c1-10-8-11(3-6-15(10)17)12-2-5-14-13(9-12)4-7-16(14)18/h2-3,5-6,8-9,16H,4,7,18H2,1H3. The fourth-order valence-electron chi connectivity index (χ4n) is 2.65. The summed E-state index contributed by atoms with van der Waals surface area (Å²) in [6.07, 6.45) is 2.08. The molecule has 0 amide bonds. The minimum atomic E-state index is -0.151. The maximum atomic E-state index is 13.3. The number of hydrogen-bond donors (Lipinski definition) is 1. The zero-order valence-electron chi connectivity index (χ0n) is 10.4. The second kappa shape index (κ2) is 4.21. The zero-order chi connectivity index (χ0) is 12.7. The van der Waals surface area contributed by atoms with Gasteiger partial charge >= 0.3 is 0 Å². The molecular weight excluding hydrogens is 225 g/mol. The lowest BCUT2D eigenvalue weighted by Crippen LogP contribution is -2.04. The molecule has 3 rings (SSSR count). The Morgan fingerprint density at radius 1 is 1.11 bits per heavy atom. The van der Waals surface area contributed by atoms with Crippen LogP contribution in [0.5, 0.6) is 0 Å². The van der Waals surface area contributed by atoms with Gasteiger partial charge in [0.2, 0.25) is 0 Å². The number of rotatable bonds is 1. The van der Waals surface area contributed by atoms with Crippen LogP contribution in [0.4, 0.5) is 4.39 Å². The van der Waals surface area contributed by atoms with Crippen molar-refractivity contribution in [2.45, 2.75) is 25.8 Å². The molecule has 2 N–H and O–H groups in total. The average molecular weight is 241 g/mol. The molecule has 0 saturated heterocycles. The van der Waals surface area contributed by atoms with E-state index in [9.17, 15) is 4.39 Å². The first-order chi connectivity index (χ1) is 8.65. The minimum absolute atomic E-state index is 0.151. The van der Waals surface area contributed by atoms with Gasteiger partial charge in [-0.25, -0.2) is 4.39 Å². The summed E-state index contributed by atoms with van der Waals surface area (Å²) in [4.78, 5) is 0. The lowest BCUT2D eigenvalue weighted by molar-refractivity contribution is 0.619. The van der Waals surface area contributed by atoms with Crippen molar-refractivity contribution in [3.63, 3.8) is 0 Å². The van der Waals surface area contributed by atoms with Crippen LogP contribution in [-0.2, 0) is 6.42 Å². The van der Waals surface area contributed by atoms with Crippen molar-refractivity contribution < 1.29 is 4.39 Å². The molecule has 2 heteroatoms. The highest BCUT2D eigenvalue weighted by Gasteiger charge is 2.19. The predicted octanol–water partition coefficient (Wildman–Crippen LogP) is 3.75. The van der Waals surface area contributed by atoms with Crippen molar-refractivity contribution >= 4 is 0 Å². The van der Waals surface area contributed by atoms with E-state index >= 15 is 0 Å². The first-order valence-electron chi connectivity index (χ1n) is 6.30. The van der Waals surface area contributed by atoms with Crippen LogP contribution in [0.15, 0.2) is 36.4 Å². The predicted molar refractivity (Wildman–Crippen MR) is 71.8 cm³/mol. The fourth-order valence-corrected chi connectivity index (χ4v) is 2.65. The highest BCUT2D eigenvalue weighted by molar-refractivity contribution is 5.66. The number of hydrogen-bond acceptors (Lipinski definition) is 1. The Bertz CT molecular complexity index is 604. The molecule has 1 aliphatic rings. The smallest absolute Gasteiger partial charge is 0.126 e. The van der Waals surface area contributed by atoms with Gasteiger partial charge in [0, 0.05) is 6.04 Å². The second-order valence-electron chi connectivity index (χ2n) is 5.02. The van der Waals surface area contributed by atoms with Crippen molar-refractivity contribution in [2.75, 3.05) is 0 Å². The molecule has 0 aromatic heterocycles. The molecule has 0 radical (unpaired) electrons. The van der Waals surface area contributed by atoms with Gasteiger partial charge in [0.1, 0.15) is 5.82 Å². The Hall–Kier alpha value is -1.67. The van der Waals surface area contributed by atoms with Crippen LogP contribution in [0.3, 0.4) is 0 Å². The average Bonchev–Trinajstić information content (AvgIpc) is 2.74. The molecule has 92 valence electrons. The van der Waals surface area contributed by atoms with Gasteiger partial charge in [0.15, 0.2) is 0 Å². The van der Waals surface area contributed by atoms with Gasteiger partial charge in [-0.15, -0.1) is 0 Å². The van der Waals surface area contributed by atoms with Gasteiger partial charge in [-0.05, 0) is 59.7 Å². The van der Waals surface area contributed by atoms with Crippen molar-refractivity contribution in [3.8, 4) is 11.1 Å². The largest absolute Gasteiger partial charge is 0.324 e. The molecule has 1 atom stereocenters. The lowest BCUT2D eigenvalue weighted by Gasteiger charge is -2.08. The summed E-state index contributed by atoms with van der Waals surface area (Å²) in [5.41, 5.74) is 11.5. The van der Waals surface area contributed by atoms with Crippen LogP contribution in [0.2, 0.25) is 0 Å². The van der Waals surface area contributed by atoms with Crippen molar-refractivity contribution in [1.29, 1.82) is 0 Å². The Morgan fingerprint density at radius 3 is 2.61 bits per heavy atom. The third-order valence-electron chi connectivity index (χ3n) is 3.76. The zero-order valence-corrected chi connectivity index (χ0v) is 10.4. The first kappa shape index (κ1) is 11.4. The Labute approximate surface area is 106 Å². The van der Waals surface area contributed by atoms with Gasteiger partial charge in [-0.1, -0.05) is 24.3 Å². The SMILES string of the molecule is Cc1cc(-c2ccc3c(c2)CCC3N)ccc1F.